The Hall–Kier alpha value is -1.68. The van der Waals surface area contributed by atoms with Crippen LogP contribution in [0.3, 0.4) is 0 Å². The van der Waals surface area contributed by atoms with E-state index in [9.17, 15) is 4.79 Å². The summed E-state index contributed by atoms with van der Waals surface area (Å²) >= 11 is 0. The van der Waals surface area contributed by atoms with Crippen LogP contribution in [-0.4, -0.2) is 16.1 Å². The van der Waals surface area contributed by atoms with Crippen molar-refractivity contribution >= 4 is 11.0 Å². The van der Waals surface area contributed by atoms with Gasteiger partial charge in [-0.15, -0.1) is 0 Å². The van der Waals surface area contributed by atoms with Gasteiger partial charge in [0.1, 0.15) is 0 Å². The molecule has 0 bridgehead atoms. The van der Waals surface area contributed by atoms with E-state index < -0.39 is 0 Å². The van der Waals surface area contributed by atoms with Gasteiger partial charge in [0.25, 0.3) is 5.56 Å². The smallest absolute Gasteiger partial charge is 0.269 e. The molecule has 108 valence electrons. The lowest BCUT2D eigenvalue weighted by atomic mass is 9.87. The Morgan fingerprint density at radius 3 is 2.75 bits per heavy atom. The number of rotatable bonds is 6. The van der Waals surface area contributed by atoms with Gasteiger partial charge >= 0.3 is 0 Å². The van der Waals surface area contributed by atoms with E-state index in [0.29, 0.717) is 6.54 Å². The summed E-state index contributed by atoms with van der Waals surface area (Å²) in [4.78, 5) is 16.1. The summed E-state index contributed by atoms with van der Waals surface area (Å²) in [5.41, 5.74) is 7.68. The van der Waals surface area contributed by atoms with E-state index in [1.54, 1.807) is 0 Å². The average Bonchev–Trinajstić information content (AvgIpc) is 2.45. The maximum atomic E-state index is 12.0. The summed E-state index contributed by atoms with van der Waals surface area (Å²) in [6.07, 6.45) is 4.55. The van der Waals surface area contributed by atoms with Crippen LogP contribution in [0.15, 0.2) is 35.3 Å². The first kappa shape index (κ1) is 14.7. The highest BCUT2D eigenvalue weighted by Crippen LogP contribution is 2.21. The minimum absolute atomic E-state index is 0.0261. The maximum Gasteiger partial charge on any atom is 0.269 e. The first-order chi connectivity index (χ1) is 9.53. The lowest BCUT2D eigenvalue weighted by Crippen LogP contribution is -2.24. The molecule has 1 heterocycles. The molecule has 1 aromatic carbocycles. The van der Waals surface area contributed by atoms with Crippen molar-refractivity contribution < 1.29 is 0 Å². The predicted molar refractivity (Wildman–Crippen MR) is 82.7 cm³/mol. The second kappa shape index (κ2) is 6.18. The molecule has 0 atom stereocenters. The van der Waals surface area contributed by atoms with Crippen LogP contribution in [-0.2, 0) is 6.54 Å². The molecule has 0 spiro atoms. The van der Waals surface area contributed by atoms with Gasteiger partial charge in [-0.25, -0.2) is 4.98 Å². The van der Waals surface area contributed by atoms with Crippen molar-refractivity contribution in [3.63, 3.8) is 0 Å². The van der Waals surface area contributed by atoms with Gasteiger partial charge in [-0.1, -0.05) is 32.4 Å². The molecule has 1 aromatic heterocycles. The van der Waals surface area contributed by atoms with E-state index >= 15 is 0 Å². The summed E-state index contributed by atoms with van der Waals surface area (Å²) < 4.78 is 1.82. The van der Waals surface area contributed by atoms with Crippen molar-refractivity contribution in [2.45, 2.75) is 39.7 Å². The first-order valence-electron chi connectivity index (χ1n) is 7.18. The van der Waals surface area contributed by atoms with Crippen LogP contribution in [0.2, 0.25) is 0 Å². The highest BCUT2D eigenvalue weighted by molar-refractivity contribution is 5.74. The van der Waals surface area contributed by atoms with Gasteiger partial charge in [-0.3, -0.25) is 4.79 Å². The summed E-state index contributed by atoms with van der Waals surface area (Å²) in [6, 6.07) is 7.77. The Kier molecular flexibility index (Phi) is 4.55. The number of unbranched alkanes of at least 4 members (excludes halogenated alkanes) is 1. The fourth-order valence-electron chi connectivity index (χ4n) is 2.32. The van der Waals surface area contributed by atoms with E-state index in [2.05, 4.69) is 18.8 Å². The number of fused-ring (bicyclic) bond motifs is 1. The molecule has 0 unspecified atom stereocenters. The van der Waals surface area contributed by atoms with E-state index in [-0.39, 0.29) is 11.0 Å². The van der Waals surface area contributed by atoms with E-state index in [4.69, 9.17) is 5.73 Å². The van der Waals surface area contributed by atoms with Crippen molar-refractivity contribution in [2.75, 3.05) is 6.54 Å². The van der Waals surface area contributed by atoms with Crippen LogP contribution in [0.4, 0.5) is 0 Å². The first-order valence-corrected chi connectivity index (χ1v) is 7.18. The largest absolute Gasteiger partial charge is 0.330 e. The molecular formula is C16H23N3O. The minimum atomic E-state index is -0.0261. The highest BCUT2D eigenvalue weighted by Gasteiger charge is 2.14. The van der Waals surface area contributed by atoms with E-state index in [0.717, 1.165) is 36.8 Å². The summed E-state index contributed by atoms with van der Waals surface area (Å²) in [6.45, 7) is 5.80. The van der Waals surface area contributed by atoms with Crippen molar-refractivity contribution in [3.8, 4) is 0 Å². The Morgan fingerprint density at radius 2 is 2.00 bits per heavy atom. The number of nitrogens with zero attached hydrogens (tertiary/aromatic N) is 2. The van der Waals surface area contributed by atoms with Crippen LogP contribution in [0.1, 0.15) is 33.1 Å². The van der Waals surface area contributed by atoms with Gasteiger partial charge < -0.3 is 10.3 Å². The molecule has 0 fully saturated rings. The topological polar surface area (TPSA) is 60.9 Å². The molecule has 20 heavy (non-hydrogen) atoms. The van der Waals surface area contributed by atoms with Crippen molar-refractivity contribution in [1.29, 1.82) is 0 Å². The fourth-order valence-corrected chi connectivity index (χ4v) is 2.32. The van der Waals surface area contributed by atoms with Crippen molar-refractivity contribution in [3.05, 3.63) is 40.8 Å². The van der Waals surface area contributed by atoms with E-state index in [1.807, 2.05) is 28.8 Å². The zero-order chi connectivity index (χ0) is 14.6. The maximum absolute atomic E-state index is 12.0. The van der Waals surface area contributed by atoms with E-state index in [1.165, 1.54) is 6.20 Å². The summed E-state index contributed by atoms with van der Waals surface area (Å²) in [7, 11) is 0. The summed E-state index contributed by atoms with van der Waals surface area (Å²) in [5, 5.41) is 0. The Balaban J connectivity index is 2.07. The SMILES string of the molecule is CC(C)(CN)CCCCn1c(=O)cnc2ccccc21. The average molecular weight is 273 g/mol. The highest BCUT2D eigenvalue weighted by atomic mass is 16.1. The molecule has 4 nitrogen and oxygen atoms in total. The third-order valence-electron chi connectivity index (χ3n) is 3.79. The lowest BCUT2D eigenvalue weighted by molar-refractivity contribution is 0.329. The van der Waals surface area contributed by atoms with Crippen LogP contribution in [0, 0.1) is 5.41 Å². The standard InChI is InChI=1S/C16H23N3O/c1-16(2,12-17)9-5-6-10-19-14-8-4-3-7-13(14)18-11-15(19)20/h3-4,7-8,11H,5-6,9-10,12,17H2,1-2H3. The van der Waals surface area contributed by atoms with Crippen molar-refractivity contribution in [2.24, 2.45) is 11.1 Å². The molecule has 0 aliphatic heterocycles. The molecular weight excluding hydrogens is 250 g/mol. The fraction of sp³-hybridized carbons (Fsp3) is 0.500. The number of hydrogen-bond acceptors (Lipinski definition) is 3. The Morgan fingerprint density at radius 1 is 1.25 bits per heavy atom. The van der Waals surface area contributed by atoms with Gasteiger partial charge in [-0.05, 0) is 36.9 Å². The van der Waals surface area contributed by atoms with Gasteiger partial charge in [0.15, 0.2) is 0 Å². The number of hydrogen-bond donors (Lipinski definition) is 1. The number of para-hydroxylation sites is 2. The molecule has 0 aliphatic rings. The second-order valence-corrected chi connectivity index (χ2v) is 6.06. The van der Waals surface area contributed by atoms with Gasteiger partial charge in [0, 0.05) is 6.54 Å². The van der Waals surface area contributed by atoms with Gasteiger partial charge in [0.2, 0.25) is 0 Å². The normalized spacial score (nSPS) is 11.9. The molecule has 4 heteroatoms. The van der Waals surface area contributed by atoms with Gasteiger partial charge in [-0.2, -0.15) is 0 Å². The zero-order valence-electron chi connectivity index (χ0n) is 12.3. The molecule has 0 saturated heterocycles. The second-order valence-electron chi connectivity index (χ2n) is 6.06. The number of aryl methyl sites for hydroxylation is 1. The Bertz CT molecular complexity index is 631. The molecule has 2 aromatic rings. The van der Waals surface area contributed by atoms with Crippen LogP contribution in [0.5, 0.6) is 0 Å². The van der Waals surface area contributed by atoms with Gasteiger partial charge in [0.05, 0.1) is 17.2 Å². The van der Waals surface area contributed by atoms with Crippen LogP contribution in [0.25, 0.3) is 11.0 Å². The van der Waals surface area contributed by atoms with Crippen molar-refractivity contribution in [1.82, 2.24) is 9.55 Å². The number of benzene rings is 1. The third kappa shape index (κ3) is 3.45. The monoisotopic (exact) mass is 273 g/mol. The molecule has 0 saturated carbocycles. The van der Waals surface area contributed by atoms with Crippen LogP contribution >= 0.6 is 0 Å². The molecule has 0 radical (unpaired) electrons. The zero-order valence-corrected chi connectivity index (χ0v) is 12.3. The molecule has 2 N–H and O–H groups in total. The lowest BCUT2D eigenvalue weighted by Gasteiger charge is -2.22. The molecule has 0 aliphatic carbocycles. The van der Waals surface area contributed by atoms with Crippen LogP contribution < -0.4 is 11.3 Å². The number of nitrogens with two attached hydrogens (primary N) is 1. The minimum Gasteiger partial charge on any atom is -0.330 e. The molecule has 2 rings (SSSR count). The summed E-state index contributed by atoms with van der Waals surface area (Å²) in [5.74, 6) is 0. The quantitative estimate of drug-likeness (QED) is 0.823. The predicted octanol–water partition coefficient (Wildman–Crippen LogP) is 2.55. The number of aromatic nitrogens is 2. The molecule has 0 amide bonds. The Labute approximate surface area is 119 Å². The third-order valence-corrected chi connectivity index (χ3v) is 3.79.